The highest BCUT2D eigenvalue weighted by molar-refractivity contribution is 7.26. The molecule has 0 radical (unpaired) electrons. The molecule has 0 aliphatic rings. The maximum atomic E-state index is 8.91. The fourth-order valence-electron chi connectivity index (χ4n) is 6.27. The van der Waals surface area contributed by atoms with Crippen LogP contribution in [-0.4, -0.2) is 15.0 Å². The summed E-state index contributed by atoms with van der Waals surface area (Å²) < 4.78 is 44.8. The molecule has 0 spiro atoms. The van der Waals surface area contributed by atoms with Gasteiger partial charge in [0.2, 0.25) is 0 Å². The molecule has 0 amide bonds. The molecule has 0 unspecified atom stereocenters. The maximum Gasteiger partial charge on any atom is 0.164 e. The Hall–Kier alpha value is -6.23. The number of benzene rings is 7. The zero-order valence-electron chi connectivity index (χ0n) is 31.1. The van der Waals surface area contributed by atoms with Gasteiger partial charge in [-0.25, -0.2) is 15.0 Å². The highest BCUT2D eigenvalue weighted by atomic mass is 32.1. The first kappa shape index (κ1) is 24.0. The molecule has 4 heteroatoms. The van der Waals surface area contributed by atoms with E-state index >= 15 is 0 Å². The monoisotopic (exact) mass is 648 g/mol. The number of fused-ring (bicyclic) bond motifs is 3. The number of hydrogen-bond donors (Lipinski definition) is 0. The lowest BCUT2D eigenvalue weighted by Crippen LogP contribution is -2.00. The summed E-state index contributed by atoms with van der Waals surface area (Å²) in [7, 11) is 0. The second-order valence-corrected chi connectivity index (χ2v) is 12.7. The van der Waals surface area contributed by atoms with Crippen LogP contribution in [0.25, 0.3) is 87.7 Å². The third kappa shape index (κ3) is 5.48. The zero-order valence-corrected chi connectivity index (χ0v) is 26.9. The van der Waals surface area contributed by atoms with E-state index in [2.05, 4.69) is 30.3 Å². The first-order valence-corrected chi connectivity index (χ1v) is 16.8. The van der Waals surface area contributed by atoms with E-state index in [1.54, 1.807) is 0 Å². The summed E-state index contributed by atoms with van der Waals surface area (Å²) in [4.78, 5) is 15.2. The highest BCUT2D eigenvalue weighted by Crippen LogP contribution is 2.45. The first-order chi connectivity index (χ1) is 26.4. The van der Waals surface area contributed by atoms with Crippen LogP contribution in [0.5, 0.6) is 0 Å². The van der Waals surface area contributed by atoms with E-state index in [1.165, 1.54) is 11.3 Å². The highest BCUT2D eigenvalue weighted by Gasteiger charge is 2.19. The van der Waals surface area contributed by atoms with Gasteiger partial charge in [0.05, 0.1) is 6.85 Å². The van der Waals surface area contributed by atoms with Crippen molar-refractivity contribution < 1.29 is 6.85 Å². The molecule has 0 saturated carbocycles. The van der Waals surface area contributed by atoms with Gasteiger partial charge in [-0.2, -0.15) is 0 Å². The van der Waals surface area contributed by atoms with E-state index in [0.29, 0.717) is 23.0 Å². The van der Waals surface area contributed by atoms with E-state index < -0.39 is 6.04 Å². The Balaban J connectivity index is 1.31. The maximum absolute atomic E-state index is 8.91. The van der Waals surface area contributed by atoms with Gasteiger partial charge in [-0.3, -0.25) is 0 Å². The van der Waals surface area contributed by atoms with Crippen molar-refractivity contribution in [2.45, 2.75) is 0 Å². The topological polar surface area (TPSA) is 38.7 Å². The Morgan fingerprint density at radius 3 is 1.59 bits per heavy atom. The lowest BCUT2D eigenvalue weighted by Gasteiger charge is -2.11. The standard InChI is InChI=1S/C45H29N3S/c1-5-14-30(15-6-1)32-24-26-35(27-25-32)44-46-43(34-20-11-4-12-21-34)47-45(48-44)37-22-13-23-40-41(37)39-29-36(31-16-7-2-8-17-31)28-38(42(39)49-40)33-18-9-3-10-19-33/h1-29H/i3D,9D,10D,18D,19D. The molecule has 0 saturated heterocycles. The smallest absolute Gasteiger partial charge is 0.164 e. The molecular formula is C45H29N3S. The predicted molar refractivity (Wildman–Crippen MR) is 205 cm³/mol. The summed E-state index contributed by atoms with van der Waals surface area (Å²) in [6.45, 7) is 0. The van der Waals surface area contributed by atoms with Crippen LogP contribution in [0.4, 0.5) is 0 Å². The van der Waals surface area contributed by atoms with Crippen molar-refractivity contribution in [1.82, 2.24) is 15.0 Å². The van der Waals surface area contributed by atoms with Gasteiger partial charge in [0, 0.05) is 42.4 Å². The van der Waals surface area contributed by atoms with E-state index in [4.69, 9.17) is 21.8 Å². The Morgan fingerprint density at radius 1 is 0.408 bits per heavy atom. The van der Waals surface area contributed by atoms with Gasteiger partial charge in [0.1, 0.15) is 0 Å². The summed E-state index contributed by atoms with van der Waals surface area (Å²) in [5.41, 5.74) is 7.29. The molecule has 0 aliphatic carbocycles. The summed E-state index contributed by atoms with van der Waals surface area (Å²) in [5.74, 6) is 1.59. The third-order valence-electron chi connectivity index (χ3n) is 8.63. The van der Waals surface area contributed by atoms with Gasteiger partial charge in [0.25, 0.3) is 0 Å². The molecule has 9 aromatic rings. The second kappa shape index (κ2) is 12.4. The van der Waals surface area contributed by atoms with Crippen LogP contribution < -0.4 is 0 Å². The van der Waals surface area contributed by atoms with Crippen molar-refractivity contribution in [3.05, 3.63) is 176 Å². The molecule has 0 N–H and O–H groups in total. The van der Waals surface area contributed by atoms with Crippen LogP contribution in [-0.2, 0) is 0 Å². The number of thiophene rings is 1. The van der Waals surface area contributed by atoms with Crippen LogP contribution >= 0.6 is 11.3 Å². The zero-order chi connectivity index (χ0) is 36.9. The number of rotatable bonds is 6. The average Bonchev–Trinajstić information content (AvgIpc) is 3.62. The molecule has 9 rings (SSSR count). The first-order valence-electron chi connectivity index (χ1n) is 18.5. The van der Waals surface area contributed by atoms with Crippen molar-refractivity contribution in [2.75, 3.05) is 0 Å². The van der Waals surface area contributed by atoms with Gasteiger partial charge in [-0.15, -0.1) is 11.3 Å². The lowest BCUT2D eigenvalue weighted by atomic mass is 9.95. The summed E-state index contributed by atoms with van der Waals surface area (Å²) in [5, 5.41) is 1.80. The molecule has 7 aromatic carbocycles. The Kier molecular flexibility index (Phi) is 6.08. The molecule has 2 aromatic heterocycles. The fraction of sp³-hybridized carbons (Fsp3) is 0. The van der Waals surface area contributed by atoms with E-state index in [9.17, 15) is 0 Å². The van der Waals surface area contributed by atoms with Crippen molar-refractivity contribution in [2.24, 2.45) is 0 Å². The minimum atomic E-state index is -0.419. The second-order valence-electron chi connectivity index (χ2n) is 11.7. The van der Waals surface area contributed by atoms with Crippen molar-refractivity contribution in [3.63, 3.8) is 0 Å². The summed E-state index contributed by atoms with van der Waals surface area (Å²) in [6, 6.07) is 46.7. The fourth-order valence-corrected chi connectivity index (χ4v) is 7.50. The van der Waals surface area contributed by atoms with Crippen molar-refractivity contribution >= 4 is 31.5 Å². The lowest BCUT2D eigenvalue weighted by molar-refractivity contribution is 1.08. The molecular weight excluding hydrogens is 615 g/mol. The normalized spacial score (nSPS) is 12.7. The third-order valence-corrected chi connectivity index (χ3v) is 9.84. The molecule has 0 aliphatic heterocycles. The molecule has 0 fully saturated rings. The molecule has 49 heavy (non-hydrogen) atoms. The van der Waals surface area contributed by atoms with Crippen LogP contribution in [0.15, 0.2) is 176 Å². The quantitative estimate of drug-likeness (QED) is 0.180. The Morgan fingerprint density at radius 2 is 0.939 bits per heavy atom. The predicted octanol–water partition coefficient (Wildman–Crippen LogP) is 12.2. The van der Waals surface area contributed by atoms with Crippen molar-refractivity contribution in [1.29, 1.82) is 0 Å². The largest absolute Gasteiger partial charge is 0.208 e. The minimum Gasteiger partial charge on any atom is -0.208 e. The molecule has 230 valence electrons. The van der Waals surface area contributed by atoms with Crippen LogP contribution in [0.3, 0.4) is 0 Å². The molecule has 3 nitrogen and oxygen atoms in total. The van der Waals surface area contributed by atoms with Gasteiger partial charge in [0.15, 0.2) is 17.5 Å². The number of hydrogen-bond acceptors (Lipinski definition) is 4. The van der Waals surface area contributed by atoms with Gasteiger partial charge < -0.3 is 0 Å². The van der Waals surface area contributed by atoms with E-state index in [-0.39, 0.29) is 29.7 Å². The van der Waals surface area contributed by atoms with Gasteiger partial charge in [-0.1, -0.05) is 158 Å². The number of nitrogens with zero attached hydrogens (tertiary/aromatic N) is 3. The minimum absolute atomic E-state index is 0.171. The molecule has 2 heterocycles. The van der Waals surface area contributed by atoms with Gasteiger partial charge in [-0.05, 0) is 46.0 Å². The van der Waals surface area contributed by atoms with Gasteiger partial charge >= 0.3 is 0 Å². The molecule has 0 bridgehead atoms. The Labute approximate surface area is 295 Å². The van der Waals surface area contributed by atoms with E-state index in [0.717, 1.165) is 59.1 Å². The van der Waals surface area contributed by atoms with Crippen LogP contribution in [0, 0.1) is 0 Å². The summed E-state index contributed by atoms with van der Waals surface area (Å²) >= 11 is 1.52. The van der Waals surface area contributed by atoms with Crippen molar-refractivity contribution in [3.8, 4) is 67.5 Å². The number of aromatic nitrogens is 3. The van der Waals surface area contributed by atoms with E-state index in [1.807, 2.05) is 115 Å². The Bertz CT molecular complexity index is 2830. The SMILES string of the molecule is [2H]c1c([2H])c([2H])c(-c2cc(-c3ccccc3)cc3c2sc2cccc(-c4nc(-c5ccccc5)nc(-c5ccc(-c6ccccc6)cc5)n4)c23)c([2H])c1[2H]. The van der Waals surface area contributed by atoms with Crippen LogP contribution in [0.1, 0.15) is 6.85 Å². The summed E-state index contributed by atoms with van der Waals surface area (Å²) in [6.07, 6.45) is 0. The average molecular weight is 649 g/mol. The molecule has 0 atom stereocenters. The van der Waals surface area contributed by atoms with Crippen LogP contribution in [0.2, 0.25) is 0 Å².